The van der Waals surface area contributed by atoms with Crippen molar-refractivity contribution in [3.63, 3.8) is 0 Å². The third-order valence-electron chi connectivity index (χ3n) is 10.5. The van der Waals surface area contributed by atoms with Crippen LogP contribution in [0.4, 0.5) is 0 Å². The quantitative estimate of drug-likeness (QED) is 0.0321. The van der Waals surface area contributed by atoms with Crippen LogP contribution in [0.1, 0.15) is 232 Å². The predicted octanol–water partition coefficient (Wildman–Crippen LogP) is 11.4. The fourth-order valence-electron chi connectivity index (χ4n) is 6.93. The van der Waals surface area contributed by atoms with E-state index in [0.717, 1.165) is 44.9 Å². The van der Waals surface area contributed by atoms with Crippen molar-refractivity contribution in [1.29, 1.82) is 0 Å². The number of hydrogen-bond acceptors (Lipinski definition) is 5. The fraction of sp³-hybridized carbons (Fsp3) is 0.932. The number of rotatable bonds is 40. The van der Waals surface area contributed by atoms with E-state index in [-0.39, 0.29) is 0 Å². The Bertz CT molecular complexity index is 717. The predicted molar refractivity (Wildman–Crippen MR) is 215 cm³/mol. The Balaban J connectivity index is 3.69. The normalized spacial score (nSPS) is 14.3. The molecule has 0 aromatic carbocycles. The van der Waals surface area contributed by atoms with Crippen LogP contribution >= 0.6 is 0 Å². The molecule has 4 atom stereocenters. The maximum atomic E-state index is 12.5. The number of allylic oxidation sites excluding steroid dienone is 2. The van der Waals surface area contributed by atoms with Crippen molar-refractivity contribution < 1.29 is 25.2 Å². The van der Waals surface area contributed by atoms with E-state index in [9.17, 15) is 25.2 Å². The zero-order valence-electron chi connectivity index (χ0n) is 33.4. The minimum atomic E-state index is -1.26. The second-order valence-corrected chi connectivity index (χ2v) is 15.4. The zero-order chi connectivity index (χ0) is 36.8. The highest BCUT2D eigenvalue weighted by atomic mass is 16.3. The molecule has 0 saturated carbocycles. The summed E-state index contributed by atoms with van der Waals surface area (Å²) in [6.07, 6.45) is 42.5. The molecule has 0 aliphatic rings. The van der Waals surface area contributed by atoms with Crippen molar-refractivity contribution in [2.45, 2.75) is 257 Å². The van der Waals surface area contributed by atoms with Crippen molar-refractivity contribution in [1.82, 2.24) is 5.32 Å². The SMILES string of the molecule is CCCCCCCC/C=C\CCCCC(O)C(=O)NC(CO)C(O)C(O)CCCCCCCCCCCCCCCCCCCCCCCC. The van der Waals surface area contributed by atoms with Crippen LogP contribution in [-0.2, 0) is 4.79 Å². The molecule has 0 radical (unpaired) electrons. The zero-order valence-corrected chi connectivity index (χ0v) is 33.4. The summed E-state index contributed by atoms with van der Waals surface area (Å²) in [5, 5.41) is 43.6. The molecular weight excluding hydrogens is 622 g/mol. The number of amides is 1. The van der Waals surface area contributed by atoms with Crippen LogP contribution in [0.5, 0.6) is 0 Å². The van der Waals surface area contributed by atoms with Crippen LogP contribution < -0.4 is 5.32 Å². The van der Waals surface area contributed by atoms with Crippen molar-refractivity contribution in [2.75, 3.05) is 6.61 Å². The Morgan fingerprint density at radius 2 is 0.800 bits per heavy atom. The van der Waals surface area contributed by atoms with Gasteiger partial charge >= 0.3 is 0 Å². The molecule has 0 rings (SSSR count). The Hall–Kier alpha value is -0.950. The summed E-state index contributed by atoms with van der Waals surface area (Å²) >= 11 is 0. The Morgan fingerprint density at radius 1 is 0.480 bits per heavy atom. The minimum absolute atomic E-state index is 0.341. The van der Waals surface area contributed by atoms with Gasteiger partial charge in [0.1, 0.15) is 12.2 Å². The summed E-state index contributed by atoms with van der Waals surface area (Å²) in [4.78, 5) is 12.5. The highest BCUT2D eigenvalue weighted by Crippen LogP contribution is 2.17. The van der Waals surface area contributed by atoms with Crippen molar-refractivity contribution in [3.8, 4) is 0 Å². The Kier molecular flexibility index (Phi) is 38.5. The molecule has 4 unspecified atom stereocenters. The number of hydrogen-bond donors (Lipinski definition) is 5. The Labute approximate surface area is 311 Å². The van der Waals surface area contributed by atoms with Gasteiger partial charge in [-0.2, -0.15) is 0 Å². The smallest absolute Gasteiger partial charge is 0.249 e. The molecule has 1 amide bonds. The molecule has 0 aliphatic heterocycles. The molecule has 0 aromatic rings. The first-order valence-corrected chi connectivity index (χ1v) is 22.1. The monoisotopic (exact) mass is 710 g/mol. The van der Waals surface area contributed by atoms with Gasteiger partial charge in [-0.25, -0.2) is 0 Å². The number of aliphatic hydroxyl groups is 4. The lowest BCUT2D eigenvalue weighted by atomic mass is 9.99. The molecule has 6 nitrogen and oxygen atoms in total. The number of nitrogens with one attached hydrogen (secondary N) is 1. The van der Waals surface area contributed by atoms with Gasteiger partial charge in [0.25, 0.3) is 0 Å². The van der Waals surface area contributed by atoms with Gasteiger partial charge in [0.05, 0.1) is 18.8 Å². The molecular formula is C44H87NO5. The van der Waals surface area contributed by atoms with E-state index in [1.807, 2.05) is 0 Å². The van der Waals surface area contributed by atoms with E-state index in [1.54, 1.807) is 0 Å². The van der Waals surface area contributed by atoms with E-state index in [0.29, 0.717) is 12.8 Å². The van der Waals surface area contributed by atoms with Gasteiger partial charge in [0.15, 0.2) is 0 Å². The van der Waals surface area contributed by atoms with E-state index >= 15 is 0 Å². The minimum Gasteiger partial charge on any atom is -0.394 e. The molecule has 0 spiro atoms. The maximum Gasteiger partial charge on any atom is 0.249 e. The summed E-state index contributed by atoms with van der Waals surface area (Å²) in [6, 6.07) is -0.989. The van der Waals surface area contributed by atoms with E-state index in [4.69, 9.17) is 0 Å². The first-order valence-electron chi connectivity index (χ1n) is 22.1. The van der Waals surface area contributed by atoms with Gasteiger partial charge in [0.2, 0.25) is 5.91 Å². The standard InChI is InChI=1S/C44H87NO5/c1-3-5-7-9-11-13-15-17-18-19-20-21-22-23-24-25-26-28-29-31-33-35-37-41(47)43(49)40(39-46)45-44(50)42(48)38-36-34-32-30-27-16-14-12-10-8-6-4-2/h27,30,40-43,46-49H,3-26,28-29,31-39H2,1-2H3,(H,45,50)/b30-27-. The molecule has 5 N–H and O–H groups in total. The van der Waals surface area contributed by atoms with Crippen LogP contribution in [0.2, 0.25) is 0 Å². The van der Waals surface area contributed by atoms with Crippen LogP contribution in [0, 0.1) is 0 Å². The van der Waals surface area contributed by atoms with Gasteiger partial charge in [-0.15, -0.1) is 0 Å². The van der Waals surface area contributed by atoms with Crippen LogP contribution in [0.25, 0.3) is 0 Å². The van der Waals surface area contributed by atoms with Crippen molar-refractivity contribution in [2.24, 2.45) is 0 Å². The van der Waals surface area contributed by atoms with Gasteiger partial charge in [-0.3, -0.25) is 4.79 Å². The average molecular weight is 710 g/mol. The Morgan fingerprint density at radius 3 is 1.18 bits per heavy atom. The van der Waals surface area contributed by atoms with E-state index in [1.165, 1.54) is 161 Å². The van der Waals surface area contributed by atoms with Crippen LogP contribution in [0.15, 0.2) is 12.2 Å². The molecule has 298 valence electrons. The largest absolute Gasteiger partial charge is 0.394 e. The van der Waals surface area contributed by atoms with Crippen molar-refractivity contribution in [3.05, 3.63) is 12.2 Å². The molecule has 0 aliphatic carbocycles. The highest BCUT2D eigenvalue weighted by Gasteiger charge is 2.28. The highest BCUT2D eigenvalue weighted by molar-refractivity contribution is 5.80. The van der Waals surface area contributed by atoms with Crippen LogP contribution in [-0.4, -0.2) is 57.3 Å². The number of carbonyl (C=O) groups excluding carboxylic acids is 1. The van der Waals surface area contributed by atoms with Crippen LogP contribution in [0.3, 0.4) is 0 Å². The molecule has 0 bridgehead atoms. The second kappa shape index (κ2) is 39.3. The lowest BCUT2D eigenvalue weighted by molar-refractivity contribution is -0.132. The number of carbonyl (C=O) groups is 1. The topological polar surface area (TPSA) is 110 Å². The van der Waals surface area contributed by atoms with Gasteiger partial charge in [0, 0.05) is 0 Å². The van der Waals surface area contributed by atoms with E-state index in [2.05, 4.69) is 31.3 Å². The summed E-state index contributed by atoms with van der Waals surface area (Å²) in [5.74, 6) is -0.599. The average Bonchev–Trinajstić information content (AvgIpc) is 3.12. The fourth-order valence-corrected chi connectivity index (χ4v) is 6.93. The van der Waals surface area contributed by atoms with Gasteiger partial charge in [-0.1, -0.05) is 206 Å². The molecule has 0 aromatic heterocycles. The molecule has 0 heterocycles. The number of unbranched alkanes of at least 4 members (excludes halogenated alkanes) is 29. The molecule has 50 heavy (non-hydrogen) atoms. The number of aliphatic hydroxyl groups excluding tert-OH is 4. The summed E-state index contributed by atoms with van der Waals surface area (Å²) in [7, 11) is 0. The first kappa shape index (κ1) is 49.0. The summed E-state index contributed by atoms with van der Waals surface area (Å²) in [6.45, 7) is 4.03. The van der Waals surface area contributed by atoms with Gasteiger partial charge < -0.3 is 25.7 Å². The molecule has 0 fully saturated rings. The maximum absolute atomic E-state index is 12.5. The summed E-state index contributed by atoms with van der Waals surface area (Å²) in [5.41, 5.74) is 0. The molecule has 0 saturated heterocycles. The van der Waals surface area contributed by atoms with Crippen molar-refractivity contribution >= 4 is 5.91 Å². The second-order valence-electron chi connectivity index (χ2n) is 15.4. The summed E-state index contributed by atoms with van der Waals surface area (Å²) < 4.78 is 0. The third-order valence-corrected chi connectivity index (χ3v) is 10.5. The van der Waals surface area contributed by atoms with Gasteiger partial charge in [-0.05, 0) is 38.5 Å². The first-order chi connectivity index (χ1) is 24.5. The third kappa shape index (κ3) is 32.9. The lowest BCUT2D eigenvalue weighted by Gasteiger charge is -2.27. The van der Waals surface area contributed by atoms with E-state index < -0.39 is 36.9 Å². The lowest BCUT2D eigenvalue weighted by Crippen LogP contribution is -2.53. The molecule has 6 heteroatoms.